The largest absolute Gasteiger partial charge is 0.345 e. The molecule has 1 aromatic carbocycles. The third-order valence-electron chi connectivity index (χ3n) is 3.97. The number of nitrogens with one attached hydrogen (secondary N) is 2. The molecule has 23 heavy (non-hydrogen) atoms. The first-order valence-electron chi connectivity index (χ1n) is 7.31. The molecule has 1 aliphatic heterocycles. The van der Waals surface area contributed by atoms with Crippen LogP contribution >= 0.6 is 0 Å². The number of benzene rings is 1. The summed E-state index contributed by atoms with van der Waals surface area (Å²) in [6, 6.07) is 9.76. The smallest absolute Gasteiger partial charge is 0.256 e. The van der Waals surface area contributed by atoms with Crippen molar-refractivity contribution in [3.8, 4) is 11.1 Å². The average Bonchev–Trinajstić information content (AvgIpc) is 3.12. The molecule has 3 heterocycles. The summed E-state index contributed by atoms with van der Waals surface area (Å²) in [6.07, 6.45) is 6.99. The van der Waals surface area contributed by atoms with Crippen LogP contribution in [0, 0.1) is 6.92 Å². The Morgan fingerprint density at radius 3 is 2.70 bits per heavy atom. The van der Waals surface area contributed by atoms with Gasteiger partial charge < -0.3 is 10.3 Å². The Bertz CT molecular complexity index is 925. The number of imidazole rings is 1. The summed E-state index contributed by atoms with van der Waals surface area (Å²) >= 11 is 0. The number of hydrogen-bond donors (Lipinski definition) is 2. The maximum absolute atomic E-state index is 12.4. The lowest BCUT2D eigenvalue weighted by Gasteiger charge is -2.08. The van der Waals surface area contributed by atoms with Gasteiger partial charge in [-0.3, -0.25) is 9.78 Å². The van der Waals surface area contributed by atoms with Gasteiger partial charge in [0.25, 0.3) is 5.91 Å². The zero-order valence-corrected chi connectivity index (χ0v) is 12.5. The number of nitrogens with zero attached hydrogens (tertiary/aromatic N) is 2. The highest BCUT2D eigenvalue weighted by Gasteiger charge is 2.27. The first kappa shape index (κ1) is 13.5. The van der Waals surface area contributed by atoms with E-state index in [4.69, 9.17) is 0 Å². The molecule has 1 aliphatic rings. The quantitative estimate of drug-likeness (QED) is 0.714. The van der Waals surface area contributed by atoms with Crippen molar-refractivity contribution in [3.05, 3.63) is 66.0 Å². The molecule has 0 fully saturated rings. The highest BCUT2D eigenvalue weighted by atomic mass is 16.2. The Kier molecular flexibility index (Phi) is 3.05. The van der Waals surface area contributed by atoms with Gasteiger partial charge in [-0.25, -0.2) is 4.98 Å². The van der Waals surface area contributed by atoms with Crippen LogP contribution in [0.3, 0.4) is 0 Å². The normalized spacial score (nSPS) is 14.8. The molecule has 5 nitrogen and oxygen atoms in total. The van der Waals surface area contributed by atoms with Crippen molar-refractivity contribution in [2.45, 2.75) is 6.92 Å². The molecule has 112 valence electrons. The Balaban J connectivity index is 1.93. The number of amides is 1. The van der Waals surface area contributed by atoms with E-state index >= 15 is 0 Å². The molecule has 2 N–H and O–H groups in total. The van der Waals surface area contributed by atoms with Crippen LogP contribution in [0.4, 0.5) is 5.69 Å². The van der Waals surface area contributed by atoms with Crippen LogP contribution in [0.1, 0.15) is 17.0 Å². The zero-order valence-electron chi connectivity index (χ0n) is 12.5. The fourth-order valence-corrected chi connectivity index (χ4v) is 2.82. The van der Waals surface area contributed by atoms with Crippen LogP contribution in [-0.4, -0.2) is 20.9 Å². The predicted molar refractivity (Wildman–Crippen MR) is 89.5 cm³/mol. The van der Waals surface area contributed by atoms with Crippen LogP contribution in [0.15, 0.2) is 49.1 Å². The van der Waals surface area contributed by atoms with Crippen LogP contribution < -0.4 is 5.32 Å². The minimum atomic E-state index is -0.101. The Labute approximate surface area is 133 Å². The van der Waals surface area contributed by atoms with Crippen molar-refractivity contribution in [1.29, 1.82) is 0 Å². The second kappa shape index (κ2) is 5.21. The fraction of sp³-hybridized carbons (Fsp3) is 0.0556. The topological polar surface area (TPSA) is 70.7 Å². The first-order chi connectivity index (χ1) is 11.2. The summed E-state index contributed by atoms with van der Waals surface area (Å²) in [7, 11) is 0. The molecule has 0 unspecified atom stereocenters. The molecule has 0 saturated heterocycles. The van der Waals surface area contributed by atoms with Crippen LogP contribution in [0.5, 0.6) is 0 Å². The van der Waals surface area contributed by atoms with Gasteiger partial charge in [0.15, 0.2) is 0 Å². The summed E-state index contributed by atoms with van der Waals surface area (Å²) in [5.41, 5.74) is 6.12. The number of rotatable bonds is 2. The maximum atomic E-state index is 12.4. The summed E-state index contributed by atoms with van der Waals surface area (Å²) in [4.78, 5) is 23.7. The van der Waals surface area contributed by atoms with E-state index in [1.165, 1.54) is 0 Å². The lowest BCUT2D eigenvalue weighted by atomic mass is 9.95. The SMILES string of the molecule is Cc1nc[nH]c1C=C1C(=O)Nc2cccc(-c3ccncc3)c21. The van der Waals surface area contributed by atoms with E-state index in [0.717, 1.165) is 33.8 Å². The van der Waals surface area contributed by atoms with E-state index in [0.29, 0.717) is 5.57 Å². The molecule has 5 heteroatoms. The molecular formula is C18H14N4O. The average molecular weight is 302 g/mol. The maximum Gasteiger partial charge on any atom is 0.256 e. The van der Waals surface area contributed by atoms with Crippen LogP contribution in [0.25, 0.3) is 22.8 Å². The number of aromatic nitrogens is 3. The number of H-pyrrole nitrogens is 1. The lowest BCUT2D eigenvalue weighted by Crippen LogP contribution is -2.03. The highest BCUT2D eigenvalue weighted by Crippen LogP contribution is 2.40. The van der Waals surface area contributed by atoms with E-state index in [9.17, 15) is 4.79 Å². The number of anilines is 1. The van der Waals surface area contributed by atoms with Gasteiger partial charge in [-0.15, -0.1) is 0 Å². The van der Waals surface area contributed by atoms with Crippen molar-refractivity contribution < 1.29 is 4.79 Å². The number of fused-ring (bicyclic) bond motifs is 1. The van der Waals surface area contributed by atoms with Gasteiger partial charge in [-0.05, 0) is 42.3 Å². The molecule has 0 radical (unpaired) electrons. The standard InChI is InChI=1S/C18H14N4O/c1-11-16(21-10-20-11)9-14-17-13(12-5-7-19-8-6-12)3-2-4-15(17)22-18(14)23/h2-10H,1H3,(H,20,21)(H,22,23). The molecule has 0 aliphatic carbocycles. The van der Waals surface area contributed by atoms with E-state index in [1.807, 2.05) is 43.3 Å². The Morgan fingerprint density at radius 2 is 1.96 bits per heavy atom. The minimum absolute atomic E-state index is 0.101. The molecule has 0 spiro atoms. The summed E-state index contributed by atoms with van der Waals surface area (Å²) in [6.45, 7) is 1.91. The summed E-state index contributed by atoms with van der Waals surface area (Å²) < 4.78 is 0. The van der Waals surface area contributed by atoms with Crippen molar-refractivity contribution in [1.82, 2.24) is 15.0 Å². The van der Waals surface area contributed by atoms with Crippen LogP contribution in [0.2, 0.25) is 0 Å². The minimum Gasteiger partial charge on any atom is -0.345 e. The van der Waals surface area contributed by atoms with E-state index in [2.05, 4.69) is 20.3 Å². The molecule has 3 aromatic rings. The van der Waals surface area contributed by atoms with Gasteiger partial charge in [-0.1, -0.05) is 12.1 Å². The third-order valence-corrected chi connectivity index (χ3v) is 3.97. The molecular weight excluding hydrogens is 288 g/mol. The van der Waals surface area contributed by atoms with Crippen molar-refractivity contribution in [2.75, 3.05) is 5.32 Å². The second-order valence-corrected chi connectivity index (χ2v) is 5.38. The van der Waals surface area contributed by atoms with E-state index in [-0.39, 0.29) is 5.91 Å². The van der Waals surface area contributed by atoms with Gasteiger partial charge >= 0.3 is 0 Å². The molecule has 1 amide bonds. The second-order valence-electron chi connectivity index (χ2n) is 5.38. The Morgan fingerprint density at radius 1 is 1.13 bits per heavy atom. The summed E-state index contributed by atoms with van der Waals surface area (Å²) in [5.74, 6) is -0.101. The van der Waals surface area contributed by atoms with Gasteiger partial charge in [0, 0.05) is 23.6 Å². The number of hydrogen-bond acceptors (Lipinski definition) is 3. The summed E-state index contributed by atoms with van der Waals surface area (Å²) in [5, 5.41) is 2.93. The number of aryl methyl sites for hydroxylation is 1. The number of aromatic amines is 1. The molecule has 0 saturated carbocycles. The zero-order chi connectivity index (χ0) is 15.8. The van der Waals surface area contributed by atoms with E-state index in [1.54, 1.807) is 18.7 Å². The number of pyridine rings is 1. The molecule has 4 rings (SSSR count). The van der Waals surface area contributed by atoms with Gasteiger partial charge in [-0.2, -0.15) is 0 Å². The first-order valence-corrected chi connectivity index (χ1v) is 7.31. The van der Waals surface area contributed by atoms with Crippen molar-refractivity contribution in [2.24, 2.45) is 0 Å². The highest BCUT2D eigenvalue weighted by molar-refractivity contribution is 6.36. The monoisotopic (exact) mass is 302 g/mol. The fourth-order valence-electron chi connectivity index (χ4n) is 2.82. The van der Waals surface area contributed by atoms with Crippen molar-refractivity contribution >= 4 is 23.2 Å². The van der Waals surface area contributed by atoms with Gasteiger partial charge in [0.05, 0.1) is 23.3 Å². The van der Waals surface area contributed by atoms with Crippen molar-refractivity contribution in [3.63, 3.8) is 0 Å². The lowest BCUT2D eigenvalue weighted by molar-refractivity contribution is -0.110. The molecule has 0 bridgehead atoms. The predicted octanol–water partition coefficient (Wildman–Crippen LogP) is 3.27. The molecule has 0 atom stereocenters. The van der Waals surface area contributed by atoms with Gasteiger partial charge in [0.1, 0.15) is 0 Å². The third kappa shape index (κ3) is 2.23. The van der Waals surface area contributed by atoms with Crippen LogP contribution in [-0.2, 0) is 4.79 Å². The Hall–Kier alpha value is -3.21. The molecule has 2 aromatic heterocycles. The van der Waals surface area contributed by atoms with Gasteiger partial charge in [0.2, 0.25) is 0 Å². The number of carbonyl (C=O) groups excluding carboxylic acids is 1. The number of carbonyl (C=O) groups is 1. The van der Waals surface area contributed by atoms with E-state index < -0.39 is 0 Å².